The first-order valence-corrected chi connectivity index (χ1v) is 8.86. The molecule has 1 saturated heterocycles. The molecule has 21 heavy (non-hydrogen) atoms. The lowest BCUT2D eigenvalue weighted by molar-refractivity contribution is -0.153. The van der Waals surface area contributed by atoms with Gasteiger partial charge in [-0.2, -0.15) is 4.31 Å². The van der Waals surface area contributed by atoms with Gasteiger partial charge in [0, 0.05) is 11.0 Å². The SMILES string of the molecule is O=C(O)C1CN(S(=O)(=O)CCc2ccccc2Br)CCO1. The van der Waals surface area contributed by atoms with Crippen LogP contribution in [0.4, 0.5) is 0 Å². The second-order valence-corrected chi connectivity index (χ2v) is 7.66. The number of sulfonamides is 1. The molecule has 1 fully saturated rings. The van der Waals surface area contributed by atoms with Crippen molar-refractivity contribution in [3.05, 3.63) is 34.3 Å². The average molecular weight is 378 g/mol. The highest BCUT2D eigenvalue weighted by Crippen LogP contribution is 2.18. The molecule has 116 valence electrons. The van der Waals surface area contributed by atoms with Gasteiger partial charge in [-0.3, -0.25) is 0 Å². The quantitative estimate of drug-likeness (QED) is 0.830. The third-order valence-electron chi connectivity index (χ3n) is 3.29. The van der Waals surface area contributed by atoms with E-state index in [4.69, 9.17) is 9.84 Å². The number of ether oxygens (including phenoxy) is 1. The Bertz CT molecular complexity index is 619. The highest BCUT2D eigenvalue weighted by atomic mass is 79.9. The first-order valence-electron chi connectivity index (χ1n) is 6.46. The van der Waals surface area contributed by atoms with E-state index in [2.05, 4.69) is 15.9 Å². The van der Waals surface area contributed by atoms with Gasteiger partial charge in [0.05, 0.1) is 18.9 Å². The fourth-order valence-corrected chi connectivity index (χ4v) is 4.03. The molecule has 0 saturated carbocycles. The Labute approximate surface area is 131 Å². The molecule has 1 N–H and O–H groups in total. The zero-order valence-corrected chi connectivity index (χ0v) is 13.6. The number of nitrogens with zero attached hydrogens (tertiary/aromatic N) is 1. The Morgan fingerprint density at radius 3 is 2.81 bits per heavy atom. The summed E-state index contributed by atoms with van der Waals surface area (Å²) in [6.45, 7) is 0.168. The topological polar surface area (TPSA) is 83.9 Å². The van der Waals surface area contributed by atoms with Gasteiger partial charge in [-0.05, 0) is 18.1 Å². The first kappa shape index (κ1) is 16.4. The molecule has 1 unspecified atom stereocenters. The monoisotopic (exact) mass is 377 g/mol. The highest BCUT2D eigenvalue weighted by Gasteiger charge is 2.32. The maximum atomic E-state index is 12.3. The normalized spacial score (nSPS) is 20.3. The van der Waals surface area contributed by atoms with E-state index in [0.717, 1.165) is 10.0 Å². The Morgan fingerprint density at radius 1 is 1.43 bits per heavy atom. The van der Waals surface area contributed by atoms with Crippen LogP contribution in [-0.4, -0.2) is 55.4 Å². The molecule has 0 amide bonds. The second kappa shape index (κ2) is 6.87. The molecular formula is C13H16BrNO5S. The minimum absolute atomic E-state index is 0.0536. The number of hydrogen-bond acceptors (Lipinski definition) is 4. The van der Waals surface area contributed by atoms with Crippen molar-refractivity contribution in [2.75, 3.05) is 25.4 Å². The Kier molecular flexibility index (Phi) is 5.37. The summed E-state index contributed by atoms with van der Waals surface area (Å²) in [4.78, 5) is 10.9. The summed E-state index contributed by atoms with van der Waals surface area (Å²) in [7, 11) is -3.50. The van der Waals surface area contributed by atoms with E-state index < -0.39 is 22.1 Å². The fourth-order valence-electron chi connectivity index (χ4n) is 2.10. The van der Waals surface area contributed by atoms with E-state index in [1.807, 2.05) is 24.3 Å². The molecule has 0 aliphatic carbocycles. The van der Waals surface area contributed by atoms with Crippen molar-refractivity contribution >= 4 is 31.9 Å². The molecule has 0 spiro atoms. The number of aliphatic carboxylic acids is 1. The zero-order valence-electron chi connectivity index (χ0n) is 11.2. The number of hydrogen-bond donors (Lipinski definition) is 1. The van der Waals surface area contributed by atoms with Crippen molar-refractivity contribution in [2.45, 2.75) is 12.5 Å². The van der Waals surface area contributed by atoms with Crippen molar-refractivity contribution in [3.63, 3.8) is 0 Å². The Balaban J connectivity index is 2.01. The highest BCUT2D eigenvalue weighted by molar-refractivity contribution is 9.10. The predicted octanol–water partition coefficient (Wildman–Crippen LogP) is 1.11. The van der Waals surface area contributed by atoms with E-state index in [-0.39, 0.29) is 25.4 Å². The van der Waals surface area contributed by atoms with Crippen LogP contribution in [0.5, 0.6) is 0 Å². The van der Waals surface area contributed by atoms with Gasteiger partial charge < -0.3 is 9.84 Å². The Hall–Kier alpha value is -0.960. The van der Waals surface area contributed by atoms with Gasteiger partial charge in [-0.1, -0.05) is 34.1 Å². The number of rotatable bonds is 5. The maximum absolute atomic E-state index is 12.3. The van der Waals surface area contributed by atoms with Crippen LogP contribution < -0.4 is 0 Å². The molecule has 1 atom stereocenters. The first-order chi connectivity index (χ1) is 9.90. The molecular weight excluding hydrogens is 362 g/mol. The second-order valence-electron chi connectivity index (χ2n) is 4.71. The van der Waals surface area contributed by atoms with Gasteiger partial charge >= 0.3 is 5.97 Å². The van der Waals surface area contributed by atoms with Gasteiger partial charge in [0.1, 0.15) is 0 Å². The van der Waals surface area contributed by atoms with Crippen LogP contribution in [0, 0.1) is 0 Å². The molecule has 0 bridgehead atoms. The molecule has 0 aromatic heterocycles. The van der Waals surface area contributed by atoms with Crippen molar-refractivity contribution < 1.29 is 23.1 Å². The number of aryl methyl sites for hydroxylation is 1. The molecule has 1 aromatic rings. The van der Waals surface area contributed by atoms with E-state index in [9.17, 15) is 13.2 Å². The summed E-state index contributed by atoms with van der Waals surface area (Å²) in [5.41, 5.74) is 0.907. The summed E-state index contributed by atoms with van der Waals surface area (Å²) in [5.74, 6) is -1.19. The smallest absolute Gasteiger partial charge is 0.334 e. The van der Waals surface area contributed by atoms with Crippen LogP contribution in [0.2, 0.25) is 0 Å². The number of morpholine rings is 1. The lowest BCUT2D eigenvalue weighted by Gasteiger charge is -2.30. The average Bonchev–Trinajstić information content (AvgIpc) is 2.46. The minimum Gasteiger partial charge on any atom is -0.479 e. The van der Waals surface area contributed by atoms with Crippen LogP contribution >= 0.6 is 15.9 Å². The van der Waals surface area contributed by atoms with E-state index in [0.29, 0.717) is 6.42 Å². The molecule has 1 heterocycles. The molecule has 0 radical (unpaired) electrons. The van der Waals surface area contributed by atoms with Gasteiger partial charge in [0.2, 0.25) is 10.0 Å². The largest absolute Gasteiger partial charge is 0.479 e. The lowest BCUT2D eigenvalue weighted by Crippen LogP contribution is -2.49. The van der Waals surface area contributed by atoms with Crippen molar-refractivity contribution in [1.82, 2.24) is 4.31 Å². The van der Waals surface area contributed by atoms with Gasteiger partial charge in [0.25, 0.3) is 0 Å². The zero-order chi connectivity index (χ0) is 15.5. The third kappa shape index (κ3) is 4.26. The molecule has 1 aromatic carbocycles. The van der Waals surface area contributed by atoms with Gasteiger partial charge in [-0.15, -0.1) is 0 Å². The lowest BCUT2D eigenvalue weighted by atomic mass is 10.2. The standard InChI is InChI=1S/C13H16BrNO5S/c14-11-4-2-1-3-10(11)5-8-21(18,19)15-6-7-20-12(9-15)13(16)17/h1-4,12H,5-9H2,(H,16,17). The molecule has 1 aliphatic heterocycles. The third-order valence-corrected chi connectivity index (χ3v) is 5.90. The van der Waals surface area contributed by atoms with Crippen LogP contribution in [0.15, 0.2) is 28.7 Å². The predicted molar refractivity (Wildman–Crippen MR) is 80.6 cm³/mol. The summed E-state index contributed by atoms with van der Waals surface area (Å²) in [6, 6.07) is 7.43. The van der Waals surface area contributed by atoms with Crippen molar-refractivity contribution in [3.8, 4) is 0 Å². The van der Waals surface area contributed by atoms with Crippen LogP contribution in [0.1, 0.15) is 5.56 Å². The summed E-state index contributed by atoms with van der Waals surface area (Å²) < 4.78 is 31.7. The van der Waals surface area contributed by atoms with Gasteiger partial charge in [-0.25, -0.2) is 13.2 Å². The number of carboxylic acids is 1. The number of benzene rings is 1. The fraction of sp³-hybridized carbons (Fsp3) is 0.462. The Morgan fingerprint density at radius 2 is 2.14 bits per heavy atom. The van der Waals surface area contributed by atoms with Crippen LogP contribution in [0.3, 0.4) is 0 Å². The van der Waals surface area contributed by atoms with E-state index in [1.165, 1.54) is 4.31 Å². The van der Waals surface area contributed by atoms with Crippen LogP contribution in [-0.2, 0) is 26.0 Å². The van der Waals surface area contributed by atoms with Gasteiger partial charge in [0.15, 0.2) is 6.10 Å². The van der Waals surface area contributed by atoms with Crippen LogP contribution in [0.25, 0.3) is 0 Å². The molecule has 8 heteroatoms. The number of halogens is 1. The van der Waals surface area contributed by atoms with E-state index >= 15 is 0 Å². The summed E-state index contributed by atoms with van der Waals surface area (Å²) >= 11 is 3.38. The molecule has 6 nitrogen and oxygen atoms in total. The number of carbonyl (C=O) groups is 1. The van der Waals surface area contributed by atoms with Crippen molar-refractivity contribution in [2.24, 2.45) is 0 Å². The molecule has 2 rings (SSSR count). The maximum Gasteiger partial charge on any atom is 0.334 e. The minimum atomic E-state index is -3.50. The summed E-state index contributed by atoms with van der Waals surface area (Å²) in [5, 5.41) is 8.91. The van der Waals surface area contributed by atoms with Crippen molar-refractivity contribution in [1.29, 1.82) is 0 Å². The number of carboxylic acid groups (broad SMARTS) is 1. The molecule has 1 aliphatic rings. The van der Waals surface area contributed by atoms with E-state index in [1.54, 1.807) is 0 Å². The summed E-state index contributed by atoms with van der Waals surface area (Å²) in [6.07, 6.45) is -0.712.